The monoisotopic (exact) mass is 251 g/mol. The number of hydrogen-bond donors (Lipinski definition) is 2. The molecule has 0 saturated carbocycles. The van der Waals surface area contributed by atoms with Gasteiger partial charge in [0, 0.05) is 23.8 Å². The Bertz CT molecular complexity index is 695. The number of amides is 1. The van der Waals surface area contributed by atoms with Gasteiger partial charge in [-0.15, -0.1) is 0 Å². The van der Waals surface area contributed by atoms with Crippen molar-refractivity contribution < 1.29 is 4.79 Å². The third kappa shape index (κ3) is 2.28. The first-order chi connectivity index (χ1) is 9.22. The van der Waals surface area contributed by atoms with Crippen LogP contribution in [0.4, 0.5) is 16.2 Å². The average Bonchev–Trinajstić information content (AvgIpc) is 2.85. The van der Waals surface area contributed by atoms with Crippen LogP contribution in [0.15, 0.2) is 60.9 Å². The smallest absolute Gasteiger partial charge is 0.329 e. The molecule has 3 aromatic rings. The second-order valence-corrected chi connectivity index (χ2v) is 4.35. The van der Waals surface area contributed by atoms with Crippen molar-refractivity contribution in [3.05, 3.63) is 60.9 Å². The van der Waals surface area contributed by atoms with Crippen LogP contribution < -0.4 is 11.1 Å². The van der Waals surface area contributed by atoms with Crippen molar-refractivity contribution in [1.82, 2.24) is 4.57 Å². The van der Waals surface area contributed by atoms with Crippen LogP contribution in [0.1, 0.15) is 0 Å². The summed E-state index contributed by atoms with van der Waals surface area (Å²) in [5.74, 6) is 0. The summed E-state index contributed by atoms with van der Waals surface area (Å²) in [7, 11) is 0. The number of anilines is 2. The van der Waals surface area contributed by atoms with Crippen molar-refractivity contribution in [3.8, 4) is 0 Å². The molecule has 1 heterocycles. The Kier molecular flexibility index (Phi) is 2.68. The highest BCUT2D eigenvalue weighted by Gasteiger charge is 2.06. The molecular formula is C15H13N3O. The molecule has 0 unspecified atom stereocenters. The molecule has 94 valence electrons. The Morgan fingerprint density at radius 2 is 1.53 bits per heavy atom. The molecule has 1 aromatic heterocycles. The van der Waals surface area contributed by atoms with E-state index in [-0.39, 0.29) is 6.03 Å². The first kappa shape index (κ1) is 11.3. The summed E-state index contributed by atoms with van der Waals surface area (Å²) >= 11 is 0. The van der Waals surface area contributed by atoms with Crippen LogP contribution in [-0.4, -0.2) is 10.6 Å². The van der Waals surface area contributed by atoms with E-state index in [9.17, 15) is 4.79 Å². The van der Waals surface area contributed by atoms with Gasteiger partial charge >= 0.3 is 6.03 Å². The largest absolute Gasteiger partial charge is 0.399 e. The Hall–Kier alpha value is -2.75. The number of benzene rings is 2. The van der Waals surface area contributed by atoms with E-state index in [1.165, 1.54) is 0 Å². The molecule has 0 radical (unpaired) electrons. The van der Waals surface area contributed by atoms with E-state index < -0.39 is 0 Å². The quantitative estimate of drug-likeness (QED) is 0.652. The predicted octanol–water partition coefficient (Wildman–Crippen LogP) is 3.30. The molecule has 0 aliphatic carbocycles. The number of nitrogens with zero attached hydrogens (tertiary/aromatic N) is 1. The molecule has 0 atom stereocenters. The Labute approximate surface area is 110 Å². The van der Waals surface area contributed by atoms with E-state index in [1.807, 2.05) is 36.7 Å². The molecule has 4 nitrogen and oxygen atoms in total. The second-order valence-electron chi connectivity index (χ2n) is 4.35. The second kappa shape index (κ2) is 4.49. The maximum atomic E-state index is 12.1. The van der Waals surface area contributed by atoms with E-state index in [0.717, 1.165) is 16.5 Å². The highest BCUT2D eigenvalue weighted by atomic mass is 16.2. The number of carbonyl (C=O) groups excluding carboxylic acids is 1. The first-order valence-electron chi connectivity index (χ1n) is 5.96. The maximum Gasteiger partial charge on any atom is 0.329 e. The number of nitrogen functional groups attached to an aromatic ring is 1. The third-order valence-electron chi connectivity index (χ3n) is 2.95. The van der Waals surface area contributed by atoms with Crippen LogP contribution in [0.25, 0.3) is 10.8 Å². The fourth-order valence-electron chi connectivity index (χ4n) is 1.95. The molecule has 3 N–H and O–H groups in total. The van der Waals surface area contributed by atoms with Gasteiger partial charge in [0.25, 0.3) is 0 Å². The number of nitrogens with two attached hydrogens (primary N) is 1. The fourth-order valence-corrected chi connectivity index (χ4v) is 1.95. The predicted molar refractivity (Wildman–Crippen MR) is 77.2 cm³/mol. The first-order valence-corrected chi connectivity index (χ1v) is 5.96. The van der Waals surface area contributed by atoms with Gasteiger partial charge in [-0.1, -0.05) is 24.3 Å². The van der Waals surface area contributed by atoms with Crippen molar-refractivity contribution in [2.75, 3.05) is 11.1 Å². The molecule has 0 spiro atoms. The minimum atomic E-state index is -0.194. The maximum absolute atomic E-state index is 12.1. The molecule has 4 heteroatoms. The summed E-state index contributed by atoms with van der Waals surface area (Å²) < 4.78 is 1.54. The number of fused-ring (bicyclic) bond motifs is 1. The average molecular weight is 251 g/mol. The minimum Gasteiger partial charge on any atom is -0.399 e. The number of aromatic nitrogens is 1. The molecule has 19 heavy (non-hydrogen) atoms. The van der Waals surface area contributed by atoms with Crippen LogP contribution in [0.2, 0.25) is 0 Å². The number of nitrogens with one attached hydrogen (secondary N) is 1. The fraction of sp³-hybridized carbons (Fsp3) is 0. The van der Waals surface area contributed by atoms with Crippen LogP contribution in [0.3, 0.4) is 0 Å². The number of hydrogen-bond acceptors (Lipinski definition) is 2. The van der Waals surface area contributed by atoms with Crippen LogP contribution in [0.5, 0.6) is 0 Å². The van der Waals surface area contributed by atoms with Crippen molar-refractivity contribution >= 4 is 28.2 Å². The Morgan fingerprint density at radius 3 is 2.11 bits per heavy atom. The zero-order chi connectivity index (χ0) is 13.2. The van der Waals surface area contributed by atoms with Crippen molar-refractivity contribution in [2.24, 2.45) is 0 Å². The molecule has 0 aliphatic heterocycles. The molecule has 0 fully saturated rings. The molecule has 0 bridgehead atoms. The molecular weight excluding hydrogens is 238 g/mol. The normalized spacial score (nSPS) is 10.5. The molecule has 3 rings (SSSR count). The van der Waals surface area contributed by atoms with Gasteiger partial charge in [0.1, 0.15) is 0 Å². The van der Waals surface area contributed by atoms with Gasteiger partial charge in [-0.05, 0) is 35.0 Å². The zero-order valence-corrected chi connectivity index (χ0v) is 10.2. The highest BCUT2D eigenvalue weighted by molar-refractivity contribution is 5.95. The zero-order valence-electron chi connectivity index (χ0n) is 10.2. The van der Waals surface area contributed by atoms with Crippen LogP contribution in [0, 0.1) is 0 Å². The van der Waals surface area contributed by atoms with Crippen LogP contribution in [-0.2, 0) is 0 Å². The summed E-state index contributed by atoms with van der Waals surface area (Å²) in [5.41, 5.74) is 6.99. The molecule has 2 aromatic carbocycles. The van der Waals surface area contributed by atoms with Gasteiger partial charge in [0.05, 0.1) is 0 Å². The van der Waals surface area contributed by atoms with E-state index in [2.05, 4.69) is 5.32 Å². The van der Waals surface area contributed by atoms with Gasteiger partial charge in [-0.3, -0.25) is 4.57 Å². The Morgan fingerprint density at radius 1 is 0.947 bits per heavy atom. The standard InChI is InChI=1S/C15H13N3O/c16-13-5-7-14(8-6-13)17-15(19)18-9-11-3-1-2-4-12(11)10-18/h1-10H,16H2,(H,17,19). The summed E-state index contributed by atoms with van der Waals surface area (Å²) in [6.07, 6.45) is 3.62. The molecule has 1 amide bonds. The van der Waals surface area contributed by atoms with Gasteiger partial charge in [0.15, 0.2) is 0 Å². The van der Waals surface area contributed by atoms with Gasteiger partial charge in [-0.2, -0.15) is 0 Å². The van der Waals surface area contributed by atoms with E-state index in [1.54, 1.807) is 28.8 Å². The Balaban J connectivity index is 1.85. The lowest BCUT2D eigenvalue weighted by Crippen LogP contribution is -2.17. The van der Waals surface area contributed by atoms with Crippen molar-refractivity contribution in [1.29, 1.82) is 0 Å². The summed E-state index contributed by atoms with van der Waals surface area (Å²) in [6, 6.07) is 14.7. The lowest BCUT2D eigenvalue weighted by atomic mass is 10.2. The topological polar surface area (TPSA) is 60.0 Å². The summed E-state index contributed by atoms with van der Waals surface area (Å²) in [6.45, 7) is 0. The van der Waals surface area contributed by atoms with Crippen LogP contribution >= 0.6 is 0 Å². The van der Waals surface area contributed by atoms with Crippen molar-refractivity contribution in [2.45, 2.75) is 0 Å². The van der Waals surface area contributed by atoms with E-state index in [4.69, 9.17) is 5.73 Å². The lowest BCUT2D eigenvalue weighted by molar-refractivity contribution is 0.253. The van der Waals surface area contributed by atoms with Crippen molar-refractivity contribution in [3.63, 3.8) is 0 Å². The lowest BCUT2D eigenvalue weighted by Gasteiger charge is -2.05. The summed E-state index contributed by atoms with van der Waals surface area (Å²) in [4.78, 5) is 12.1. The number of carbonyl (C=O) groups is 1. The number of rotatable bonds is 1. The SMILES string of the molecule is Nc1ccc(NC(=O)n2cc3ccccc3c2)cc1. The molecule has 0 saturated heterocycles. The third-order valence-corrected chi connectivity index (χ3v) is 2.95. The van der Waals surface area contributed by atoms with Gasteiger partial charge < -0.3 is 11.1 Å². The van der Waals surface area contributed by atoms with Gasteiger partial charge in [-0.25, -0.2) is 4.79 Å². The highest BCUT2D eigenvalue weighted by Crippen LogP contribution is 2.16. The van der Waals surface area contributed by atoms with E-state index in [0.29, 0.717) is 5.69 Å². The van der Waals surface area contributed by atoms with Gasteiger partial charge in [0.2, 0.25) is 0 Å². The summed E-state index contributed by atoms with van der Waals surface area (Å²) in [5, 5.41) is 4.89. The molecule has 0 aliphatic rings. The minimum absolute atomic E-state index is 0.194. The van der Waals surface area contributed by atoms with E-state index >= 15 is 0 Å².